The van der Waals surface area contributed by atoms with Gasteiger partial charge in [-0.3, -0.25) is 29.1 Å². The Labute approximate surface area is 198 Å². The molecule has 0 spiro atoms. The lowest BCUT2D eigenvalue weighted by Gasteiger charge is -2.21. The molecule has 1 fully saturated rings. The van der Waals surface area contributed by atoms with Gasteiger partial charge in [0.05, 0.1) is 13.0 Å². The normalized spacial score (nSPS) is 16.9. The Balaban J connectivity index is 2.12. The zero-order chi connectivity index (χ0) is 26.3. The van der Waals surface area contributed by atoms with Gasteiger partial charge in [0.1, 0.15) is 18.6 Å². The summed E-state index contributed by atoms with van der Waals surface area (Å²) in [5.41, 5.74) is 10.7. The number of amides is 5. The van der Waals surface area contributed by atoms with Crippen LogP contribution in [0, 0.1) is 0 Å². The number of benzene rings is 1. The van der Waals surface area contributed by atoms with Crippen LogP contribution in [-0.4, -0.2) is 93.9 Å². The van der Waals surface area contributed by atoms with Crippen molar-refractivity contribution in [2.75, 3.05) is 20.1 Å². The van der Waals surface area contributed by atoms with Crippen LogP contribution in [0.5, 0.6) is 0 Å². The van der Waals surface area contributed by atoms with E-state index in [1.54, 1.807) is 18.2 Å². The number of hydrogen-bond donors (Lipinski definition) is 6. The minimum absolute atomic E-state index is 0.219. The molecule has 1 aliphatic heterocycles. The van der Waals surface area contributed by atoms with E-state index >= 15 is 0 Å². The summed E-state index contributed by atoms with van der Waals surface area (Å²) < 4.78 is 0. The number of nitrogens with zero attached hydrogens (tertiary/aromatic N) is 3. The van der Waals surface area contributed by atoms with Gasteiger partial charge in [-0.1, -0.05) is 30.3 Å². The van der Waals surface area contributed by atoms with E-state index in [9.17, 15) is 33.9 Å². The van der Waals surface area contributed by atoms with Crippen LogP contribution in [0.1, 0.15) is 18.0 Å². The monoisotopic (exact) mass is 491 g/mol. The Morgan fingerprint density at radius 3 is 2.26 bits per heavy atom. The molecule has 1 aromatic carbocycles. The van der Waals surface area contributed by atoms with Crippen molar-refractivity contribution in [1.82, 2.24) is 20.4 Å². The molecule has 0 radical (unpaired) electrons. The van der Waals surface area contributed by atoms with Crippen LogP contribution in [-0.2, 0) is 24.0 Å². The van der Waals surface area contributed by atoms with Gasteiger partial charge in [-0.05, 0) is 5.56 Å². The molecule has 1 aliphatic rings. The van der Waals surface area contributed by atoms with Gasteiger partial charge in [0, 0.05) is 7.05 Å². The van der Waals surface area contributed by atoms with Crippen LogP contribution in [0.4, 0.5) is 4.79 Å². The Bertz CT molecular complexity index is 1040. The summed E-state index contributed by atoms with van der Waals surface area (Å²) in [6.45, 7) is -1.05. The highest BCUT2D eigenvalue weighted by Crippen LogP contribution is 2.16. The fraction of sp³-hybridized carbons (Fsp3) is 0.350. The number of carbonyl (C=O) groups is 6. The van der Waals surface area contributed by atoms with Crippen molar-refractivity contribution in [3.8, 4) is 0 Å². The lowest BCUT2D eigenvalue weighted by molar-refractivity contribution is -0.143. The quantitative estimate of drug-likeness (QED) is 0.107. The number of carbonyl (C=O) groups excluding carboxylic acids is 4. The fourth-order valence-corrected chi connectivity index (χ4v) is 3.24. The number of carboxylic acid groups (broad SMARTS) is 2. The highest BCUT2D eigenvalue weighted by atomic mass is 16.4. The number of nitrogens with two attached hydrogens (primary N) is 2. The van der Waals surface area contributed by atoms with Crippen LogP contribution < -0.4 is 22.1 Å². The molecule has 0 bridgehead atoms. The Morgan fingerprint density at radius 2 is 1.71 bits per heavy atom. The molecule has 3 atom stereocenters. The largest absolute Gasteiger partial charge is 0.481 e. The minimum Gasteiger partial charge on any atom is -0.481 e. The lowest BCUT2D eigenvalue weighted by Crippen LogP contribution is -2.52. The maximum atomic E-state index is 12.7. The molecule has 15 heteroatoms. The zero-order valence-electron chi connectivity index (χ0n) is 18.6. The predicted molar refractivity (Wildman–Crippen MR) is 118 cm³/mol. The Hall–Kier alpha value is -4.69. The van der Waals surface area contributed by atoms with Crippen LogP contribution in [0.25, 0.3) is 0 Å². The van der Waals surface area contributed by atoms with Crippen molar-refractivity contribution in [2.24, 2.45) is 16.5 Å². The van der Waals surface area contributed by atoms with E-state index in [0.717, 1.165) is 4.90 Å². The van der Waals surface area contributed by atoms with Gasteiger partial charge >= 0.3 is 18.0 Å². The molecule has 188 valence electrons. The van der Waals surface area contributed by atoms with Crippen LogP contribution in [0.15, 0.2) is 35.3 Å². The smallest absolute Gasteiger partial charge is 0.330 e. The number of urea groups is 1. The molecular formula is C20H25N7O8. The third-order valence-electron chi connectivity index (χ3n) is 5.00. The molecular weight excluding hydrogens is 466 g/mol. The molecule has 5 amide bonds. The first-order chi connectivity index (χ1) is 16.4. The van der Waals surface area contributed by atoms with Gasteiger partial charge in [-0.25, -0.2) is 9.59 Å². The van der Waals surface area contributed by atoms with Gasteiger partial charge in [0.2, 0.25) is 11.8 Å². The maximum Gasteiger partial charge on any atom is 0.330 e. The SMILES string of the molecule is CN1C(=O)N(CC(=O)NC(CC(=O)O)C(=O)NC(C(=O)O)c2ccccc2)C(=O)C1CN=C(N)N. The molecule has 1 heterocycles. The summed E-state index contributed by atoms with van der Waals surface area (Å²) >= 11 is 0. The number of aliphatic imine (C=N–C) groups is 1. The van der Waals surface area contributed by atoms with E-state index in [1.807, 2.05) is 0 Å². The first-order valence-corrected chi connectivity index (χ1v) is 10.1. The summed E-state index contributed by atoms with van der Waals surface area (Å²) in [4.78, 5) is 78.3. The first-order valence-electron chi connectivity index (χ1n) is 10.1. The van der Waals surface area contributed by atoms with E-state index < -0.39 is 66.8 Å². The van der Waals surface area contributed by atoms with E-state index in [2.05, 4.69) is 15.6 Å². The number of rotatable bonds is 11. The number of aliphatic carboxylic acids is 2. The van der Waals surface area contributed by atoms with E-state index in [0.29, 0.717) is 4.90 Å². The Kier molecular flexibility index (Phi) is 8.68. The summed E-state index contributed by atoms with van der Waals surface area (Å²) in [7, 11) is 1.31. The van der Waals surface area contributed by atoms with Crippen molar-refractivity contribution in [1.29, 1.82) is 0 Å². The Morgan fingerprint density at radius 1 is 1.09 bits per heavy atom. The number of imide groups is 1. The van der Waals surface area contributed by atoms with Gasteiger partial charge < -0.3 is 37.2 Å². The summed E-state index contributed by atoms with van der Waals surface area (Å²) in [6, 6.07) is 2.56. The average Bonchev–Trinajstić information content (AvgIpc) is 2.98. The first kappa shape index (κ1) is 26.6. The second-order valence-electron chi connectivity index (χ2n) is 7.51. The van der Waals surface area contributed by atoms with E-state index in [-0.39, 0.29) is 18.1 Å². The highest BCUT2D eigenvalue weighted by molar-refractivity contribution is 6.07. The second kappa shape index (κ2) is 11.4. The molecule has 15 nitrogen and oxygen atoms in total. The van der Waals surface area contributed by atoms with Crippen molar-refractivity contribution in [3.63, 3.8) is 0 Å². The number of likely N-dealkylation sites (N-methyl/N-ethyl adjacent to an activating group) is 1. The van der Waals surface area contributed by atoms with Gasteiger partial charge in [-0.15, -0.1) is 0 Å². The predicted octanol–water partition coefficient (Wildman–Crippen LogP) is -2.58. The van der Waals surface area contributed by atoms with E-state index in [4.69, 9.17) is 16.6 Å². The fourth-order valence-electron chi connectivity index (χ4n) is 3.24. The van der Waals surface area contributed by atoms with Crippen LogP contribution in [0.2, 0.25) is 0 Å². The molecule has 1 saturated heterocycles. The maximum absolute atomic E-state index is 12.7. The number of carboxylic acids is 2. The van der Waals surface area contributed by atoms with Gasteiger partial charge in [-0.2, -0.15) is 0 Å². The minimum atomic E-state index is -1.69. The molecule has 0 aromatic heterocycles. The summed E-state index contributed by atoms with van der Waals surface area (Å²) in [5.74, 6) is -6.04. The van der Waals surface area contributed by atoms with E-state index in [1.165, 1.54) is 19.2 Å². The number of hydrogen-bond acceptors (Lipinski definition) is 7. The van der Waals surface area contributed by atoms with Gasteiger partial charge in [0.15, 0.2) is 12.0 Å². The summed E-state index contributed by atoms with van der Waals surface area (Å²) in [5, 5.41) is 22.9. The third-order valence-corrected chi connectivity index (χ3v) is 5.00. The molecule has 0 saturated carbocycles. The molecule has 0 aliphatic carbocycles. The van der Waals surface area contributed by atoms with Crippen LogP contribution in [0.3, 0.4) is 0 Å². The zero-order valence-corrected chi connectivity index (χ0v) is 18.6. The third kappa shape index (κ3) is 6.89. The van der Waals surface area contributed by atoms with Crippen molar-refractivity contribution >= 4 is 41.7 Å². The number of guanidine groups is 1. The number of nitrogens with one attached hydrogen (secondary N) is 2. The van der Waals surface area contributed by atoms with Gasteiger partial charge in [0.25, 0.3) is 5.91 Å². The molecule has 1 aromatic rings. The van der Waals surface area contributed by atoms with Crippen molar-refractivity contribution in [3.05, 3.63) is 35.9 Å². The molecule has 8 N–H and O–H groups in total. The van der Waals surface area contributed by atoms with Crippen LogP contribution >= 0.6 is 0 Å². The second-order valence-corrected chi connectivity index (χ2v) is 7.51. The lowest BCUT2D eigenvalue weighted by atomic mass is 10.1. The topological polar surface area (TPSA) is 238 Å². The summed E-state index contributed by atoms with van der Waals surface area (Å²) in [6.07, 6.45) is -0.881. The standard InChI is InChI=1S/C20H25N7O8/c1-26-12(8-23-19(21)22)17(32)27(20(26)35)9-13(28)24-11(7-14(29)30)16(31)25-15(18(33)34)10-5-3-2-4-6-10/h2-6,11-12,15H,7-9H2,1H3,(H,24,28)(H,25,31)(H,29,30)(H,33,34)(H4,21,22,23). The average molecular weight is 491 g/mol. The molecule has 3 unspecified atom stereocenters. The molecule has 2 rings (SSSR count). The van der Waals surface area contributed by atoms with Crippen molar-refractivity contribution < 1.29 is 39.0 Å². The van der Waals surface area contributed by atoms with Crippen molar-refractivity contribution in [2.45, 2.75) is 24.5 Å². The molecule has 35 heavy (non-hydrogen) atoms. The highest BCUT2D eigenvalue weighted by Gasteiger charge is 2.44.